The van der Waals surface area contributed by atoms with Crippen LogP contribution >= 0.6 is 0 Å². The summed E-state index contributed by atoms with van der Waals surface area (Å²) in [5.74, 6) is 0.641. The van der Waals surface area contributed by atoms with Crippen LogP contribution in [0.15, 0.2) is 70.3 Å². The van der Waals surface area contributed by atoms with E-state index in [0.717, 1.165) is 40.8 Å². The smallest absolute Gasteiger partial charge is 0.255 e. The molecule has 3 aromatic heterocycles. The molecule has 5 rings (SSSR count). The van der Waals surface area contributed by atoms with Gasteiger partial charge in [0.25, 0.3) is 5.56 Å². The van der Waals surface area contributed by atoms with Gasteiger partial charge in [0, 0.05) is 49.5 Å². The van der Waals surface area contributed by atoms with E-state index in [1.807, 2.05) is 36.4 Å². The molecule has 0 saturated heterocycles. The van der Waals surface area contributed by atoms with Gasteiger partial charge in [-0.1, -0.05) is 23.4 Å². The Morgan fingerprint density at radius 3 is 2.79 bits per heavy atom. The van der Waals surface area contributed by atoms with Gasteiger partial charge in [-0.15, -0.1) is 0 Å². The van der Waals surface area contributed by atoms with Crippen molar-refractivity contribution in [1.29, 1.82) is 0 Å². The monoisotopic (exact) mass is 385 g/mol. The second kappa shape index (κ2) is 7.01. The highest BCUT2D eigenvalue weighted by molar-refractivity contribution is 5.90. The molecule has 0 unspecified atom stereocenters. The lowest BCUT2D eigenvalue weighted by Gasteiger charge is -2.29. The van der Waals surface area contributed by atoms with Crippen molar-refractivity contribution >= 4 is 22.5 Å². The molecule has 1 aliphatic heterocycles. The van der Waals surface area contributed by atoms with E-state index >= 15 is 0 Å². The maximum atomic E-state index is 12.6. The lowest BCUT2D eigenvalue weighted by atomic mass is 10.0. The standard InChI is InChI=1S/C22H19N5O2/c1-26-20(28)13-18(15-8-10-23-11-9-15)24-22(26)27-12-4-5-16(14-27)21-17-6-2-3-7-19(17)29-25-21/h2-3,5-11,13H,4,12,14H2,1H3. The summed E-state index contributed by atoms with van der Waals surface area (Å²) in [6, 6.07) is 13.1. The van der Waals surface area contributed by atoms with Gasteiger partial charge >= 0.3 is 0 Å². The molecule has 7 nitrogen and oxygen atoms in total. The van der Waals surface area contributed by atoms with Crippen molar-refractivity contribution in [2.75, 3.05) is 18.0 Å². The van der Waals surface area contributed by atoms with Gasteiger partial charge in [0.1, 0.15) is 5.69 Å². The first-order valence-electron chi connectivity index (χ1n) is 9.48. The molecule has 144 valence electrons. The highest BCUT2D eigenvalue weighted by atomic mass is 16.5. The third-order valence-corrected chi connectivity index (χ3v) is 5.20. The average Bonchev–Trinajstić information content (AvgIpc) is 3.20. The number of hydrogen-bond donors (Lipinski definition) is 0. The normalized spacial score (nSPS) is 14.2. The highest BCUT2D eigenvalue weighted by Gasteiger charge is 2.22. The summed E-state index contributed by atoms with van der Waals surface area (Å²) in [5, 5.41) is 5.28. The third kappa shape index (κ3) is 3.10. The van der Waals surface area contributed by atoms with Crippen LogP contribution in [0.3, 0.4) is 0 Å². The molecule has 0 radical (unpaired) electrons. The maximum Gasteiger partial charge on any atom is 0.255 e. The van der Waals surface area contributed by atoms with Crippen molar-refractivity contribution in [1.82, 2.24) is 19.7 Å². The molecule has 29 heavy (non-hydrogen) atoms. The summed E-state index contributed by atoms with van der Waals surface area (Å²) in [6.45, 7) is 1.38. The average molecular weight is 385 g/mol. The van der Waals surface area contributed by atoms with Crippen molar-refractivity contribution in [3.05, 3.63) is 77.0 Å². The second-order valence-electron chi connectivity index (χ2n) is 7.04. The lowest BCUT2D eigenvalue weighted by Crippen LogP contribution is -2.35. The molecule has 1 aromatic carbocycles. The predicted octanol–water partition coefficient (Wildman–Crippen LogP) is 3.28. The summed E-state index contributed by atoms with van der Waals surface area (Å²) in [6.07, 6.45) is 6.43. The molecule has 1 aliphatic rings. The van der Waals surface area contributed by atoms with E-state index in [-0.39, 0.29) is 5.56 Å². The van der Waals surface area contributed by atoms with Gasteiger partial charge in [-0.05, 0) is 36.3 Å². The van der Waals surface area contributed by atoms with E-state index in [2.05, 4.69) is 21.1 Å². The molecule has 0 N–H and O–H groups in total. The van der Waals surface area contributed by atoms with Gasteiger partial charge in [-0.2, -0.15) is 0 Å². The predicted molar refractivity (Wildman–Crippen MR) is 112 cm³/mol. The molecular formula is C22H19N5O2. The largest absolute Gasteiger partial charge is 0.356 e. The topological polar surface area (TPSA) is 77.1 Å². The van der Waals surface area contributed by atoms with Gasteiger partial charge in [0.05, 0.1) is 5.69 Å². The van der Waals surface area contributed by atoms with Crippen LogP contribution in [0.25, 0.3) is 27.8 Å². The van der Waals surface area contributed by atoms with E-state index in [1.165, 1.54) is 0 Å². The SMILES string of the molecule is Cn1c(N2CCC=C(c3noc4ccccc34)C2)nc(-c2ccncc2)cc1=O. The zero-order valence-electron chi connectivity index (χ0n) is 15.9. The number of hydrogen-bond acceptors (Lipinski definition) is 6. The summed E-state index contributed by atoms with van der Waals surface area (Å²) in [5.41, 5.74) is 4.11. The Morgan fingerprint density at radius 2 is 1.93 bits per heavy atom. The number of pyridine rings is 1. The fourth-order valence-electron chi connectivity index (χ4n) is 3.68. The Kier molecular flexibility index (Phi) is 4.20. The minimum Gasteiger partial charge on any atom is -0.356 e. The van der Waals surface area contributed by atoms with Crippen LogP contribution in [0.4, 0.5) is 5.95 Å². The van der Waals surface area contributed by atoms with Crippen molar-refractivity contribution in [2.24, 2.45) is 7.05 Å². The molecule has 4 heterocycles. The number of fused-ring (bicyclic) bond motifs is 1. The molecule has 0 fully saturated rings. The minimum absolute atomic E-state index is 0.0928. The summed E-state index contributed by atoms with van der Waals surface area (Å²) in [7, 11) is 1.75. The van der Waals surface area contributed by atoms with Gasteiger partial charge < -0.3 is 9.42 Å². The Morgan fingerprint density at radius 1 is 1.10 bits per heavy atom. The van der Waals surface area contributed by atoms with E-state index in [1.54, 1.807) is 30.1 Å². The van der Waals surface area contributed by atoms with Crippen LogP contribution in [-0.4, -0.2) is 32.8 Å². The fourth-order valence-corrected chi connectivity index (χ4v) is 3.68. The lowest BCUT2D eigenvalue weighted by molar-refractivity contribution is 0.453. The van der Waals surface area contributed by atoms with Crippen LogP contribution in [0, 0.1) is 0 Å². The quantitative estimate of drug-likeness (QED) is 0.539. The van der Waals surface area contributed by atoms with Crippen LogP contribution in [0.5, 0.6) is 0 Å². The second-order valence-corrected chi connectivity index (χ2v) is 7.04. The zero-order chi connectivity index (χ0) is 19.8. The van der Waals surface area contributed by atoms with Gasteiger partial charge in [0.2, 0.25) is 5.95 Å². The van der Waals surface area contributed by atoms with E-state index in [4.69, 9.17) is 9.51 Å². The molecule has 0 bridgehead atoms. The summed E-state index contributed by atoms with van der Waals surface area (Å²) >= 11 is 0. The molecule has 4 aromatic rings. The minimum atomic E-state index is -0.0928. The van der Waals surface area contributed by atoms with Gasteiger partial charge in [-0.25, -0.2) is 4.98 Å². The first-order chi connectivity index (χ1) is 14.2. The Hall–Kier alpha value is -3.74. The Labute approximate surface area is 166 Å². The van der Waals surface area contributed by atoms with E-state index in [0.29, 0.717) is 18.2 Å². The first kappa shape index (κ1) is 17.4. The van der Waals surface area contributed by atoms with Crippen LogP contribution < -0.4 is 10.5 Å². The zero-order valence-corrected chi connectivity index (χ0v) is 15.9. The number of benzene rings is 1. The van der Waals surface area contributed by atoms with Crippen LogP contribution in [0.1, 0.15) is 12.1 Å². The summed E-state index contributed by atoms with van der Waals surface area (Å²) < 4.78 is 7.07. The third-order valence-electron chi connectivity index (χ3n) is 5.20. The maximum absolute atomic E-state index is 12.6. The van der Waals surface area contributed by atoms with E-state index in [9.17, 15) is 4.79 Å². The van der Waals surface area contributed by atoms with Crippen molar-refractivity contribution in [3.8, 4) is 11.3 Å². The molecule has 7 heteroatoms. The van der Waals surface area contributed by atoms with Crippen molar-refractivity contribution in [2.45, 2.75) is 6.42 Å². The number of aromatic nitrogens is 4. The molecule has 0 aliphatic carbocycles. The van der Waals surface area contributed by atoms with Crippen LogP contribution in [-0.2, 0) is 7.05 Å². The molecule has 0 spiro atoms. The highest BCUT2D eigenvalue weighted by Crippen LogP contribution is 2.29. The number of nitrogens with zero attached hydrogens (tertiary/aromatic N) is 5. The fraction of sp³-hybridized carbons (Fsp3) is 0.182. The number of rotatable bonds is 3. The Balaban J connectivity index is 1.53. The molecule has 0 atom stereocenters. The van der Waals surface area contributed by atoms with E-state index < -0.39 is 0 Å². The number of anilines is 1. The molecular weight excluding hydrogens is 366 g/mol. The van der Waals surface area contributed by atoms with Gasteiger partial charge in [-0.3, -0.25) is 14.3 Å². The van der Waals surface area contributed by atoms with Gasteiger partial charge in [0.15, 0.2) is 5.58 Å². The molecule has 0 saturated carbocycles. The van der Waals surface area contributed by atoms with Crippen LogP contribution in [0.2, 0.25) is 0 Å². The van der Waals surface area contributed by atoms with Crippen molar-refractivity contribution < 1.29 is 4.52 Å². The molecule has 0 amide bonds. The van der Waals surface area contributed by atoms with Crippen molar-refractivity contribution in [3.63, 3.8) is 0 Å². The summed E-state index contributed by atoms with van der Waals surface area (Å²) in [4.78, 5) is 23.6. The first-order valence-corrected chi connectivity index (χ1v) is 9.48. The Bertz CT molecular complexity index is 1270. The number of para-hydroxylation sites is 1.